The topological polar surface area (TPSA) is 60.2 Å². The summed E-state index contributed by atoms with van der Waals surface area (Å²) in [5.74, 6) is 4.91. The van der Waals surface area contributed by atoms with Crippen LogP contribution >= 0.6 is 0 Å². The summed E-state index contributed by atoms with van der Waals surface area (Å²) >= 11 is 0. The van der Waals surface area contributed by atoms with Gasteiger partial charge in [0.2, 0.25) is 10.0 Å². The molecule has 2 N–H and O–H groups in total. The van der Waals surface area contributed by atoms with E-state index in [1.165, 1.54) is 0 Å². The highest BCUT2D eigenvalue weighted by molar-refractivity contribution is 7.89. The van der Waals surface area contributed by atoms with Crippen molar-refractivity contribution in [3.8, 4) is 24.7 Å². The largest absolute Gasteiger partial charge is 0.238 e. The molecule has 0 aliphatic carbocycles. The highest BCUT2D eigenvalue weighted by Gasteiger charge is 2.19. The van der Waals surface area contributed by atoms with Gasteiger partial charge in [0.1, 0.15) is 0 Å². The summed E-state index contributed by atoms with van der Waals surface area (Å²) in [4.78, 5) is 0.100. The van der Waals surface area contributed by atoms with E-state index in [1.54, 1.807) is 19.1 Å². The van der Waals surface area contributed by atoms with Crippen molar-refractivity contribution in [1.82, 2.24) is 0 Å². The van der Waals surface area contributed by atoms with Crippen LogP contribution in [-0.2, 0) is 22.9 Å². The van der Waals surface area contributed by atoms with Crippen LogP contribution in [0.4, 0.5) is 0 Å². The lowest BCUT2D eigenvalue weighted by molar-refractivity contribution is 0.596. The Morgan fingerprint density at radius 3 is 2.29 bits per heavy atom. The van der Waals surface area contributed by atoms with E-state index in [-0.39, 0.29) is 11.3 Å². The first-order valence-electron chi connectivity index (χ1n) is 4.93. The van der Waals surface area contributed by atoms with Gasteiger partial charge < -0.3 is 0 Å². The molecule has 4 heteroatoms. The zero-order valence-electron chi connectivity index (χ0n) is 9.53. The predicted molar refractivity (Wildman–Crippen MR) is 67.6 cm³/mol. The Balaban J connectivity index is 3.62. The molecule has 0 spiro atoms. The predicted octanol–water partition coefficient (Wildman–Crippen LogP) is 0.994. The van der Waals surface area contributed by atoms with E-state index in [0.717, 1.165) is 5.56 Å². The molecule has 1 aromatic rings. The normalized spacial score (nSPS) is 10.6. The molecule has 0 saturated carbocycles. The molecule has 1 aromatic carbocycles. The molecule has 1 rings (SSSR count). The van der Waals surface area contributed by atoms with Crippen molar-refractivity contribution in [1.29, 1.82) is 0 Å². The molecule has 0 aliphatic heterocycles. The van der Waals surface area contributed by atoms with Crippen LogP contribution in [0.25, 0.3) is 0 Å². The zero-order valence-corrected chi connectivity index (χ0v) is 10.3. The number of rotatable bonds is 3. The molecule has 0 heterocycles. The minimum atomic E-state index is -3.79. The molecule has 0 bridgehead atoms. The Labute approximate surface area is 102 Å². The van der Waals surface area contributed by atoms with Gasteiger partial charge in [0.25, 0.3) is 0 Å². The van der Waals surface area contributed by atoms with Crippen LogP contribution in [0.3, 0.4) is 0 Å². The molecule has 3 nitrogen and oxygen atoms in total. The van der Waals surface area contributed by atoms with Gasteiger partial charge in [-0.3, -0.25) is 0 Å². The molecule has 0 unspecified atom stereocenters. The molecule has 88 valence electrons. The van der Waals surface area contributed by atoms with Crippen LogP contribution in [0, 0.1) is 31.6 Å². The first-order chi connectivity index (χ1) is 7.91. The van der Waals surface area contributed by atoms with Crippen LogP contribution in [0.5, 0.6) is 0 Å². The molecule has 17 heavy (non-hydrogen) atoms. The Morgan fingerprint density at radius 1 is 1.24 bits per heavy atom. The van der Waals surface area contributed by atoms with Crippen molar-refractivity contribution >= 4 is 10.0 Å². The van der Waals surface area contributed by atoms with Crippen molar-refractivity contribution in [2.45, 2.75) is 24.7 Å². The average Bonchev–Trinajstić information content (AvgIpc) is 2.21. The first kappa shape index (κ1) is 13.3. The minimum absolute atomic E-state index is 0.100. The Hall–Kier alpha value is -1.75. The highest BCUT2D eigenvalue weighted by atomic mass is 32.2. The van der Waals surface area contributed by atoms with Gasteiger partial charge in [0.15, 0.2) is 0 Å². The minimum Gasteiger partial charge on any atom is -0.225 e. The maximum atomic E-state index is 11.6. The summed E-state index contributed by atoms with van der Waals surface area (Å²) in [6.45, 7) is 1.68. The van der Waals surface area contributed by atoms with Crippen LogP contribution in [0.15, 0.2) is 17.0 Å². The number of primary sulfonamides is 1. The van der Waals surface area contributed by atoms with Crippen molar-refractivity contribution < 1.29 is 8.42 Å². The summed E-state index contributed by atoms with van der Waals surface area (Å²) in [6.07, 6.45) is 11.0. The van der Waals surface area contributed by atoms with Crippen LogP contribution in [0.1, 0.15) is 16.7 Å². The second-order valence-corrected chi connectivity index (χ2v) is 5.15. The van der Waals surface area contributed by atoms with E-state index in [1.807, 2.05) is 0 Å². The molecule has 0 amide bonds. The summed E-state index contributed by atoms with van der Waals surface area (Å²) in [5, 5.41) is 5.21. The quantitative estimate of drug-likeness (QED) is 0.810. The molecule has 0 aromatic heterocycles. The van der Waals surface area contributed by atoms with Gasteiger partial charge in [0, 0.05) is 12.8 Å². The smallest absolute Gasteiger partial charge is 0.225 e. The van der Waals surface area contributed by atoms with E-state index in [2.05, 4.69) is 11.8 Å². The van der Waals surface area contributed by atoms with Gasteiger partial charge in [-0.15, -0.1) is 24.7 Å². The number of nitrogens with two attached hydrogens (primary N) is 1. The summed E-state index contributed by atoms with van der Waals surface area (Å²) in [5.41, 5.74) is 1.85. The average molecular weight is 247 g/mol. The van der Waals surface area contributed by atoms with Crippen molar-refractivity contribution in [2.75, 3.05) is 0 Å². The molecular weight excluding hydrogens is 234 g/mol. The molecule has 0 saturated heterocycles. The molecule has 0 radical (unpaired) electrons. The number of hydrogen-bond acceptors (Lipinski definition) is 2. The lowest BCUT2D eigenvalue weighted by Crippen LogP contribution is -2.17. The van der Waals surface area contributed by atoms with Crippen LogP contribution in [-0.4, -0.2) is 8.42 Å². The van der Waals surface area contributed by atoms with Crippen LogP contribution < -0.4 is 5.14 Å². The van der Waals surface area contributed by atoms with Gasteiger partial charge in [-0.1, -0.05) is 12.1 Å². The Morgan fingerprint density at radius 2 is 1.82 bits per heavy atom. The summed E-state index contributed by atoms with van der Waals surface area (Å²) in [7, 11) is -3.79. The van der Waals surface area contributed by atoms with Crippen molar-refractivity contribution in [3.63, 3.8) is 0 Å². The SMILES string of the molecule is C#CCc1ccc(C)c(S(N)(=O)=O)c1CC#C. The number of terminal acetylenes is 2. The summed E-state index contributed by atoms with van der Waals surface area (Å²) in [6, 6.07) is 3.48. The second kappa shape index (κ2) is 5.05. The van der Waals surface area contributed by atoms with Gasteiger partial charge >= 0.3 is 0 Å². The Bertz CT molecular complexity index is 616. The molecule has 0 aliphatic rings. The van der Waals surface area contributed by atoms with E-state index in [4.69, 9.17) is 18.0 Å². The van der Waals surface area contributed by atoms with E-state index in [0.29, 0.717) is 17.5 Å². The molecule has 0 atom stereocenters. The Kier molecular flexibility index (Phi) is 3.96. The standard InChI is InChI=1S/C13H13NO2S/c1-4-6-11-9-8-10(3)13(17(14,15)16)12(11)7-5-2/h1-2,8-9H,6-7H2,3H3,(H2,14,15,16). The fourth-order valence-electron chi connectivity index (χ4n) is 1.75. The zero-order chi connectivity index (χ0) is 13.1. The van der Waals surface area contributed by atoms with Gasteiger partial charge in [0.05, 0.1) is 4.90 Å². The van der Waals surface area contributed by atoms with E-state index >= 15 is 0 Å². The second-order valence-electron chi connectivity index (χ2n) is 3.66. The fourth-order valence-corrected chi connectivity index (χ4v) is 2.82. The van der Waals surface area contributed by atoms with Crippen LogP contribution in [0.2, 0.25) is 0 Å². The number of sulfonamides is 1. The third-order valence-electron chi connectivity index (χ3n) is 2.41. The molecule has 0 fully saturated rings. The van der Waals surface area contributed by atoms with Gasteiger partial charge in [-0.25, -0.2) is 13.6 Å². The van der Waals surface area contributed by atoms with Gasteiger partial charge in [-0.05, 0) is 23.6 Å². The van der Waals surface area contributed by atoms with Gasteiger partial charge in [-0.2, -0.15) is 0 Å². The fraction of sp³-hybridized carbons (Fsp3) is 0.231. The number of benzene rings is 1. The molecular formula is C13H13NO2S. The van der Waals surface area contributed by atoms with E-state index < -0.39 is 10.0 Å². The number of aryl methyl sites for hydroxylation is 1. The third kappa shape index (κ3) is 2.88. The van der Waals surface area contributed by atoms with E-state index in [9.17, 15) is 8.42 Å². The third-order valence-corrected chi connectivity index (χ3v) is 3.55. The number of hydrogen-bond donors (Lipinski definition) is 1. The first-order valence-corrected chi connectivity index (χ1v) is 6.47. The maximum absolute atomic E-state index is 11.6. The maximum Gasteiger partial charge on any atom is 0.238 e. The van der Waals surface area contributed by atoms with Crippen molar-refractivity contribution in [3.05, 3.63) is 28.8 Å². The highest BCUT2D eigenvalue weighted by Crippen LogP contribution is 2.23. The lowest BCUT2D eigenvalue weighted by atomic mass is 9.99. The lowest BCUT2D eigenvalue weighted by Gasteiger charge is -2.12. The monoisotopic (exact) mass is 247 g/mol. The summed E-state index contributed by atoms with van der Waals surface area (Å²) < 4.78 is 23.1. The van der Waals surface area contributed by atoms with Crippen molar-refractivity contribution in [2.24, 2.45) is 5.14 Å².